The van der Waals surface area contributed by atoms with Gasteiger partial charge in [-0.15, -0.1) is 0 Å². The van der Waals surface area contributed by atoms with E-state index in [0.29, 0.717) is 13.1 Å². The summed E-state index contributed by atoms with van der Waals surface area (Å²) >= 11 is 0. The van der Waals surface area contributed by atoms with Crippen LogP contribution in [0.15, 0.2) is 48.9 Å². The number of imidazole rings is 2. The van der Waals surface area contributed by atoms with Gasteiger partial charge in [-0.25, -0.2) is 23.7 Å². The van der Waals surface area contributed by atoms with Crippen LogP contribution in [0, 0.1) is 12.7 Å². The Labute approximate surface area is 191 Å². The van der Waals surface area contributed by atoms with E-state index in [4.69, 9.17) is 5.10 Å². The highest BCUT2D eigenvalue weighted by Gasteiger charge is 2.35. The Morgan fingerprint density at radius 2 is 1.82 bits per heavy atom. The molecule has 1 N–H and O–H groups in total. The van der Waals surface area contributed by atoms with Gasteiger partial charge in [-0.05, 0) is 64.1 Å². The maximum atomic E-state index is 13.6. The van der Waals surface area contributed by atoms with E-state index in [0.717, 1.165) is 34.0 Å². The molecule has 9 heteroatoms. The third-order valence-electron chi connectivity index (χ3n) is 5.71. The number of carbonyl (C=O) groups excluding carboxylic acids is 1. The number of aromatic nitrogens is 5. The number of carbonyl (C=O) groups is 1. The highest BCUT2D eigenvalue weighted by molar-refractivity contribution is 5.78. The molecule has 0 saturated carbocycles. The number of hydrogen-bond acceptors (Lipinski definition) is 4. The van der Waals surface area contributed by atoms with Gasteiger partial charge in [-0.3, -0.25) is 0 Å². The summed E-state index contributed by atoms with van der Waals surface area (Å²) in [5.74, 6) is -0.298. The lowest BCUT2D eigenvalue weighted by Crippen LogP contribution is -2.57. The number of likely N-dealkylation sites (tertiary alicyclic amines) is 1. The van der Waals surface area contributed by atoms with E-state index in [9.17, 15) is 9.18 Å². The van der Waals surface area contributed by atoms with Gasteiger partial charge in [0.15, 0.2) is 5.65 Å². The zero-order valence-electron chi connectivity index (χ0n) is 19.1. The number of nitrogens with zero attached hydrogens (tertiary/aromatic N) is 6. The van der Waals surface area contributed by atoms with Crippen LogP contribution < -0.4 is 5.32 Å². The van der Waals surface area contributed by atoms with E-state index >= 15 is 0 Å². The molecule has 4 aromatic rings. The molecule has 1 aromatic carbocycles. The average molecular weight is 448 g/mol. The van der Waals surface area contributed by atoms with Crippen LogP contribution in [0.5, 0.6) is 0 Å². The van der Waals surface area contributed by atoms with Gasteiger partial charge in [-0.1, -0.05) is 0 Å². The molecule has 1 fully saturated rings. The lowest BCUT2D eigenvalue weighted by molar-refractivity contribution is 0.120. The number of hydrogen-bond donors (Lipinski definition) is 1. The second kappa shape index (κ2) is 7.68. The number of nitrogens with one attached hydrogen (secondary N) is 1. The summed E-state index contributed by atoms with van der Waals surface area (Å²) < 4.78 is 17.4. The van der Waals surface area contributed by atoms with Crippen molar-refractivity contribution in [1.82, 2.24) is 34.4 Å². The first-order chi connectivity index (χ1) is 15.7. The molecule has 0 unspecified atom stereocenters. The third kappa shape index (κ3) is 3.94. The highest BCUT2D eigenvalue weighted by Crippen LogP contribution is 2.35. The summed E-state index contributed by atoms with van der Waals surface area (Å²) in [7, 11) is 0. The fraction of sp³-hybridized carbons (Fsp3) is 0.333. The maximum absolute atomic E-state index is 13.6. The number of fused-ring (bicyclic) bond motifs is 1. The normalized spacial score (nSPS) is 14.5. The molecule has 0 radical (unpaired) electrons. The van der Waals surface area contributed by atoms with E-state index in [-0.39, 0.29) is 23.4 Å². The molecule has 2 amide bonds. The largest absolute Gasteiger partial charge is 0.333 e. The van der Waals surface area contributed by atoms with Crippen LogP contribution in [0.4, 0.5) is 9.18 Å². The standard InChI is InChI=1S/C24H26FN7O/c1-15-11-26-20-10-9-19(29-32(15)20)22-21(16-5-7-17(25)8-6-16)27-14-31(22)18-12-30(13-18)23(33)28-24(2,3)4/h5-11,14,18H,12-13H2,1-4H3,(H,28,33). The minimum Gasteiger partial charge on any atom is -0.333 e. The van der Waals surface area contributed by atoms with Gasteiger partial charge in [0, 0.05) is 24.2 Å². The molecule has 5 rings (SSSR count). The van der Waals surface area contributed by atoms with Crippen LogP contribution in [0.25, 0.3) is 28.3 Å². The molecular formula is C24H26FN7O. The van der Waals surface area contributed by atoms with E-state index in [1.165, 1.54) is 12.1 Å². The fourth-order valence-electron chi connectivity index (χ4n) is 4.02. The molecule has 0 atom stereocenters. The average Bonchev–Trinajstić information content (AvgIpc) is 3.30. The van der Waals surface area contributed by atoms with E-state index in [2.05, 4.69) is 19.9 Å². The first-order valence-electron chi connectivity index (χ1n) is 10.9. The first-order valence-corrected chi connectivity index (χ1v) is 10.9. The van der Waals surface area contributed by atoms with Crippen LogP contribution in [-0.4, -0.2) is 53.7 Å². The van der Waals surface area contributed by atoms with Crippen molar-refractivity contribution in [3.63, 3.8) is 0 Å². The molecular weight excluding hydrogens is 421 g/mol. The Kier molecular flexibility index (Phi) is 4.92. The van der Waals surface area contributed by atoms with Crippen LogP contribution in [0.3, 0.4) is 0 Å². The van der Waals surface area contributed by atoms with Crippen LogP contribution in [0.1, 0.15) is 32.5 Å². The topological polar surface area (TPSA) is 80.3 Å². The number of aryl methyl sites for hydroxylation is 1. The molecule has 33 heavy (non-hydrogen) atoms. The predicted molar refractivity (Wildman–Crippen MR) is 123 cm³/mol. The second-order valence-corrected chi connectivity index (χ2v) is 9.48. The van der Waals surface area contributed by atoms with E-state index in [1.54, 1.807) is 34.1 Å². The molecule has 1 aliphatic heterocycles. The zero-order chi connectivity index (χ0) is 23.3. The van der Waals surface area contributed by atoms with Gasteiger partial charge in [0.25, 0.3) is 0 Å². The maximum Gasteiger partial charge on any atom is 0.317 e. The van der Waals surface area contributed by atoms with Crippen molar-refractivity contribution in [3.05, 3.63) is 60.4 Å². The summed E-state index contributed by atoms with van der Waals surface area (Å²) in [5.41, 5.74) is 4.48. The number of rotatable bonds is 3. The van der Waals surface area contributed by atoms with Gasteiger partial charge in [0.05, 0.1) is 35.6 Å². The minimum absolute atomic E-state index is 0.0637. The zero-order valence-corrected chi connectivity index (χ0v) is 19.1. The second-order valence-electron chi connectivity index (χ2n) is 9.48. The predicted octanol–water partition coefficient (Wildman–Crippen LogP) is 4.07. The van der Waals surface area contributed by atoms with Crippen molar-refractivity contribution < 1.29 is 9.18 Å². The van der Waals surface area contributed by atoms with Gasteiger partial charge < -0.3 is 14.8 Å². The number of halogens is 1. The molecule has 0 bridgehead atoms. The SMILES string of the molecule is Cc1cnc2ccc(-c3c(-c4ccc(F)cc4)ncn3C3CN(C(=O)NC(C)(C)C)C3)nn12. The van der Waals surface area contributed by atoms with Crippen LogP contribution in [-0.2, 0) is 0 Å². The Morgan fingerprint density at radius 3 is 2.52 bits per heavy atom. The molecule has 0 aliphatic carbocycles. The minimum atomic E-state index is -0.298. The Hall–Kier alpha value is -3.75. The van der Waals surface area contributed by atoms with Gasteiger partial charge in [0.1, 0.15) is 11.5 Å². The fourth-order valence-corrected chi connectivity index (χ4v) is 4.02. The Bertz CT molecular complexity index is 1330. The van der Waals surface area contributed by atoms with Crippen molar-refractivity contribution in [3.8, 4) is 22.6 Å². The number of amides is 2. The molecule has 0 spiro atoms. The van der Waals surface area contributed by atoms with Crippen molar-refractivity contribution in [2.75, 3.05) is 13.1 Å². The molecule has 1 saturated heterocycles. The van der Waals surface area contributed by atoms with Gasteiger partial charge >= 0.3 is 6.03 Å². The smallest absolute Gasteiger partial charge is 0.317 e. The number of benzene rings is 1. The molecule has 170 valence electrons. The quantitative estimate of drug-likeness (QED) is 0.513. The van der Waals surface area contributed by atoms with Crippen LogP contribution in [0.2, 0.25) is 0 Å². The molecule has 4 heterocycles. The summed E-state index contributed by atoms with van der Waals surface area (Å²) in [5, 5.41) is 7.81. The van der Waals surface area contributed by atoms with Crippen molar-refractivity contribution >= 4 is 11.7 Å². The molecule has 8 nitrogen and oxygen atoms in total. The number of urea groups is 1. The Balaban J connectivity index is 1.53. The van der Waals surface area contributed by atoms with Gasteiger partial charge in [-0.2, -0.15) is 5.10 Å². The summed E-state index contributed by atoms with van der Waals surface area (Å²) in [6.07, 6.45) is 3.56. The lowest BCUT2D eigenvalue weighted by atomic mass is 10.0. The lowest BCUT2D eigenvalue weighted by Gasteiger charge is -2.41. The third-order valence-corrected chi connectivity index (χ3v) is 5.71. The van der Waals surface area contributed by atoms with Crippen molar-refractivity contribution in [1.29, 1.82) is 0 Å². The van der Waals surface area contributed by atoms with E-state index < -0.39 is 0 Å². The van der Waals surface area contributed by atoms with Crippen molar-refractivity contribution in [2.24, 2.45) is 0 Å². The van der Waals surface area contributed by atoms with Crippen LogP contribution >= 0.6 is 0 Å². The highest BCUT2D eigenvalue weighted by atomic mass is 19.1. The first kappa shape index (κ1) is 21.1. The monoisotopic (exact) mass is 447 g/mol. The summed E-state index contributed by atoms with van der Waals surface area (Å²) in [6.45, 7) is 8.98. The van der Waals surface area contributed by atoms with Gasteiger partial charge in [0.2, 0.25) is 0 Å². The Morgan fingerprint density at radius 1 is 1.09 bits per heavy atom. The molecule has 3 aromatic heterocycles. The van der Waals surface area contributed by atoms with E-state index in [1.807, 2.05) is 39.8 Å². The summed E-state index contributed by atoms with van der Waals surface area (Å²) in [4.78, 5) is 23.3. The molecule has 1 aliphatic rings. The van der Waals surface area contributed by atoms with Crippen molar-refractivity contribution in [2.45, 2.75) is 39.3 Å². The summed E-state index contributed by atoms with van der Waals surface area (Å²) in [6, 6.07) is 10.1.